The molecule has 1 fully saturated rings. The number of aromatic hydroxyl groups is 1. The highest BCUT2D eigenvalue weighted by Gasteiger charge is 2.44. The molecular formula is C22H22O10. The zero-order valence-electron chi connectivity index (χ0n) is 16.9. The van der Waals surface area contributed by atoms with Crippen LogP contribution >= 0.6 is 0 Å². The van der Waals surface area contributed by atoms with Gasteiger partial charge in [0, 0.05) is 6.07 Å². The molecule has 1 saturated heterocycles. The van der Waals surface area contributed by atoms with Crippen molar-refractivity contribution in [3.8, 4) is 28.4 Å². The Morgan fingerprint density at radius 1 is 1.03 bits per heavy atom. The third-order valence-corrected chi connectivity index (χ3v) is 5.34. The Bertz CT molecular complexity index is 1170. The number of fused-ring (bicyclic) bond motifs is 1. The van der Waals surface area contributed by atoms with Gasteiger partial charge in [0.2, 0.25) is 6.29 Å². The Morgan fingerprint density at radius 2 is 1.81 bits per heavy atom. The third kappa shape index (κ3) is 3.90. The molecule has 5 atom stereocenters. The minimum Gasteiger partial charge on any atom is -0.504 e. The van der Waals surface area contributed by atoms with Crippen LogP contribution in [0.4, 0.5) is 0 Å². The second kappa shape index (κ2) is 8.77. The maximum absolute atomic E-state index is 12.9. The Morgan fingerprint density at radius 3 is 2.50 bits per heavy atom. The molecule has 32 heavy (non-hydrogen) atoms. The highest BCUT2D eigenvalue weighted by Crippen LogP contribution is 2.32. The largest absolute Gasteiger partial charge is 0.504 e. The first-order valence-corrected chi connectivity index (χ1v) is 9.74. The average Bonchev–Trinajstić information content (AvgIpc) is 2.79. The molecule has 0 amide bonds. The van der Waals surface area contributed by atoms with Gasteiger partial charge >= 0.3 is 0 Å². The van der Waals surface area contributed by atoms with E-state index in [9.17, 15) is 30.3 Å². The molecule has 1 aromatic heterocycles. The molecule has 10 nitrogen and oxygen atoms in total. The van der Waals surface area contributed by atoms with Crippen molar-refractivity contribution in [2.24, 2.45) is 0 Å². The van der Waals surface area contributed by atoms with Gasteiger partial charge in [-0.05, 0) is 29.8 Å². The summed E-state index contributed by atoms with van der Waals surface area (Å²) in [6.45, 7) is -0.582. The molecule has 0 saturated carbocycles. The van der Waals surface area contributed by atoms with Crippen molar-refractivity contribution in [3.63, 3.8) is 0 Å². The minimum atomic E-state index is -1.58. The number of aliphatic hydroxyl groups excluding tert-OH is 4. The third-order valence-electron chi connectivity index (χ3n) is 5.34. The molecule has 2 heterocycles. The number of ether oxygens (including phenoxy) is 3. The zero-order valence-corrected chi connectivity index (χ0v) is 16.9. The summed E-state index contributed by atoms with van der Waals surface area (Å²) in [5.74, 6) is 0.321. The van der Waals surface area contributed by atoms with Crippen LogP contribution in [0.25, 0.3) is 22.1 Å². The van der Waals surface area contributed by atoms with E-state index in [4.69, 9.17) is 18.6 Å². The van der Waals surface area contributed by atoms with Crippen LogP contribution in [-0.2, 0) is 4.74 Å². The van der Waals surface area contributed by atoms with Gasteiger partial charge in [-0.2, -0.15) is 0 Å². The van der Waals surface area contributed by atoms with E-state index < -0.39 is 37.3 Å². The molecule has 0 bridgehead atoms. The van der Waals surface area contributed by atoms with Crippen molar-refractivity contribution in [2.75, 3.05) is 13.7 Å². The number of phenols is 1. The van der Waals surface area contributed by atoms with Crippen molar-refractivity contribution in [2.45, 2.75) is 30.7 Å². The van der Waals surface area contributed by atoms with E-state index in [0.717, 1.165) is 0 Å². The van der Waals surface area contributed by atoms with Gasteiger partial charge in [0.1, 0.15) is 42.0 Å². The summed E-state index contributed by atoms with van der Waals surface area (Å²) in [5, 5.41) is 49.4. The predicted octanol–water partition coefficient (Wildman–Crippen LogP) is 0.353. The van der Waals surface area contributed by atoms with Crippen molar-refractivity contribution in [1.29, 1.82) is 0 Å². The Hall–Kier alpha value is -3.15. The molecule has 1 aliphatic heterocycles. The van der Waals surface area contributed by atoms with Crippen LogP contribution in [0.1, 0.15) is 0 Å². The van der Waals surface area contributed by atoms with Crippen LogP contribution in [0.15, 0.2) is 51.9 Å². The number of rotatable bonds is 5. The van der Waals surface area contributed by atoms with Gasteiger partial charge in [-0.3, -0.25) is 4.79 Å². The van der Waals surface area contributed by atoms with Crippen LogP contribution < -0.4 is 14.9 Å². The van der Waals surface area contributed by atoms with Gasteiger partial charge < -0.3 is 44.2 Å². The molecule has 0 aliphatic carbocycles. The molecular weight excluding hydrogens is 424 g/mol. The minimum absolute atomic E-state index is 0.118. The summed E-state index contributed by atoms with van der Waals surface area (Å²) in [6, 6.07) is 8.88. The molecule has 2 aromatic carbocycles. The summed E-state index contributed by atoms with van der Waals surface area (Å²) in [7, 11) is 1.42. The van der Waals surface area contributed by atoms with Gasteiger partial charge in [0.25, 0.3) is 0 Å². The zero-order chi connectivity index (χ0) is 23.0. The monoisotopic (exact) mass is 446 g/mol. The maximum atomic E-state index is 12.9. The van der Waals surface area contributed by atoms with Crippen molar-refractivity contribution < 1.29 is 44.2 Å². The highest BCUT2D eigenvalue weighted by atomic mass is 16.7. The van der Waals surface area contributed by atoms with Gasteiger partial charge in [0.05, 0.1) is 24.7 Å². The van der Waals surface area contributed by atoms with E-state index in [1.165, 1.54) is 43.7 Å². The van der Waals surface area contributed by atoms with Gasteiger partial charge in [-0.1, -0.05) is 6.07 Å². The lowest BCUT2D eigenvalue weighted by atomic mass is 9.99. The number of hydrogen-bond donors (Lipinski definition) is 5. The van der Waals surface area contributed by atoms with Crippen LogP contribution in [0, 0.1) is 0 Å². The quantitative estimate of drug-likeness (QED) is 0.370. The smallest absolute Gasteiger partial charge is 0.229 e. The normalized spacial score (nSPS) is 25.6. The molecule has 4 rings (SSSR count). The van der Waals surface area contributed by atoms with Crippen LogP contribution in [-0.4, -0.2) is 70.0 Å². The Kier molecular flexibility index (Phi) is 6.04. The number of benzene rings is 2. The van der Waals surface area contributed by atoms with Gasteiger partial charge in [-0.25, -0.2) is 0 Å². The fourth-order valence-electron chi connectivity index (χ4n) is 3.54. The SMILES string of the molecule is COc1ccc(-c2coc3cc(O[C@@H]4O[C@H](CO)[C@H](O)[C@H](O)[C@H]4O)ccc3c2=O)cc1O. The molecule has 3 aromatic rings. The van der Waals surface area contributed by atoms with E-state index in [-0.39, 0.29) is 39.2 Å². The van der Waals surface area contributed by atoms with Crippen LogP contribution in [0.5, 0.6) is 17.2 Å². The Labute approximate surface area is 181 Å². The van der Waals surface area contributed by atoms with Crippen LogP contribution in [0.2, 0.25) is 0 Å². The molecule has 0 radical (unpaired) electrons. The first-order valence-electron chi connectivity index (χ1n) is 9.74. The van der Waals surface area contributed by atoms with Gasteiger partial charge in [-0.15, -0.1) is 0 Å². The second-order valence-electron chi connectivity index (χ2n) is 7.34. The molecule has 0 unspecified atom stereocenters. The highest BCUT2D eigenvalue weighted by molar-refractivity contribution is 5.83. The summed E-state index contributed by atoms with van der Waals surface area (Å²) >= 11 is 0. The number of methoxy groups -OCH3 is 1. The molecule has 5 N–H and O–H groups in total. The maximum Gasteiger partial charge on any atom is 0.229 e. The van der Waals surface area contributed by atoms with E-state index >= 15 is 0 Å². The van der Waals surface area contributed by atoms with Crippen LogP contribution in [0.3, 0.4) is 0 Å². The lowest BCUT2D eigenvalue weighted by Crippen LogP contribution is -2.60. The lowest BCUT2D eigenvalue weighted by Gasteiger charge is -2.39. The van der Waals surface area contributed by atoms with Crippen molar-refractivity contribution in [1.82, 2.24) is 0 Å². The average molecular weight is 446 g/mol. The first-order chi connectivity index (χ1) is 15.3. The predicted molar refractivity (Wildman–Crippen MR) is 111 cm³/mol. The number of hydrogen-bond acceptors (Lipinski definition) is 10. The molecule has 10 heteroatoms. The number of phenolic OH excluding ortho intramolecular Hbond substituents is 1. The topological polar surface area (TPSA) is 159 Å². The summed E-state index contributed by atoms with van der Waals surface area (Å²) in [6.07, 6.45) is -5.87. The fourth-order valence-corrected chi connectivity index (χ4v) is 3.54. The van der Waals surface area contributed by atoms with E-state index in [2.05, 4.69) is 0 Å². The van der Waals surface area contributed by atoms with E-state index in [1.807, 2.05) is 0 Å². The molecule has 0 spiro atoms. The van der Waals surface area contributed by atoms with Crippen molar-refractivity contribution in [3.05, 3.63) is 52.9 Å². The number of aliphatic hydroxyl groups is 4. The summed E-state index contributed by atoms with van der Waals surface area (Å²) in [4.78, 5) is 12.9. The molecule has 1 aliphatic rings. The van der Waals surface area contributed by atoms with Gasteiger partial charge in [0.15, 0.2) is 16.9 Å². The Balaban J connectivity index is 1.62. The standard InChI is InChI=1S/C22H22O10/c1-29-15-5-2-10(6-14(15)24)13-9-30-16-7-11(3-4-12(16)18(13)25)31-22-21(28)20(27)19(26)17(8-23)32-22/h2-7,9,17,19-24,26-28H,8H2,1H3/t17-,19+,20+,21-,22-/m1/s1. The van der Waals surface area contributed by atoms with E-state index in [1.54, 1.807) is 6.07 Å². The second-order valence-corrected chi connectivity index (χ2v) is 7.34. The summed E-state index contributed by atoms with van der Waals surface area (Å²) in [5.41, 5.74) is 0.535. The molecule has 170 valence electrons. The first kappa shape index (κ1) is 22.1. The van der Waals surface area contributed by atoms with Crippen molar-refractivity contribution >= 4 is 11.0 Å². The summed E-state index contributed by atoms with van der Waals surface area (Å²) < 4.78 is 21.5. The van der Waals surface area contributed by atoms with E-state index in [0.29, 0.717) is 5.56 Å². The fraction of sp³-hybridized carbons (Fsp3) is 0.318. The lowest BCUT2D eigenvalue weighted by molar-refractivity contribution is -0.277.